The smallest absolute Gasteiger partial charge is 0.248 e. The maximum absolute atomic E-state index is 12.3. The molecule has 0 spiro atoms. The highest BCUT2D eigenvalue weighted by Gasteiger charge is 2.14. The number of rotatable bonds is 8. The van der Waals surface area contributed by atoms with E-state index in [9.17, 15) is 4.79 Å². The van der Waals surface area contributed by atoms with E-state index in [1.165, 1.54) is 27.4 Å². The molecule has 0 aromatic heterocycles. The van der Waals surface area contributed by atoms with Crippen molar-refractivity contribution in [2.24, 2.45) is 0 Å². The Morgan fingerprint density at radius 1 is 0.778 bits per heavy atom. The van der Waals surface area contributed by atoms with Crippen molar-refractivity contribution in [3.8, 4) is 28.7 Å². The van der Waals surface area contributed by atoms with E-state index >= 15 is 0 Å². The minimum atomic E-state index is -0.306. The maximum Gasteiger partial charge on any atom is 0.248 e. The van der Waals surface area contributed by atoms with Crippen LogP contribution in [0.25, 0.3) is 6.08 Å². The van der Waals surface area contributed by atoms with Gasteiger partial charge in [-0.1, -0.05) is 0 Å². The molecular formula is C20H23NO6. The molecule has 7 nitrogen and oxygen atoms in total. The van der Waals surface area contributed by atoms with Gasteiger partial charge in [0.15, 0.2) is 23.0 Å². The second-order valence-corrected chi connectivity index (χ2v) is 5.32. The first kappa shape index (κ1) is 20.0. The van der Waals surface area contributed by atoms with Crippen molar-refractivity contribution in [2.75, 3.05) is 40.9 Å². The van der Waals surface area contributed by atoms with Gasteiger partial charge in [-0.3, -0.25) is 4.79 Å². The fraction of sp³-hybridized carbons (Fsp3) is 0.250. The van der Waals surface area contributed by atoms with Gasteiger partial charge in [0.2, 0.25) is 11.7 Å². The van der Waals surface area contributed by atoms with Gasteiger partial charge in [-0.05, 0) is 30.3 Å². The van der Waals surface area contributed by atoms with Crippen molar-refractivity contribution in [1.29, 1.82) is 0 Å². The number of carbonyl (C=O) groups is 1. The number of benzene rings is 2. The number of anilines is 1. The Morgan fingerprint density at radius 2 is 1.41 bits per heavy atom. The van der Waals surface area contributed by atoms with Gasteiger partial charge in [0.25, 0.3) is 0 Å². The third-order valence-electron chi connectivity index (χ3n) is 3.80. The van der Waals surface area contributed by atoms with Crippen LogP contribution in [0.1, 0.15) is 5.56 Å². The second-order valence-electron chi connectivity index (χ2n) is 5.32. The lowest BCUT2D eigenvalue weighted by Gasteiger charge is -2.14. The van der Waals surface area contributed by atoms with Crippen molar-refractivity contribution in [3.63, 3.8) is 0 Å². The summed E-state index contributed by atoms with van der Waals surface area (Å²) in [5.74, 6) is 2.29. The molecule has 1 amide bonds. The van der Waals surface area contributed by atoms with Crippen LogP contribution in [0.3, 0.4) is 0 Å². The van der Waals surface area contributed by atoms with Gasteiger partial charge < -0.3 is 29.0 Å². The van der Waals surface area contributed by atoms with Crippen LogP contribution in [-0.2, 0) is 4.79 Å². The lowest BCUT2D eigenvalue weighted by molar-refractivity contribution is -0.111. The van der Waals surface area contributed by atoms with Crippen molar-refractivity contribution >= 4 is 17.7 Å². The number of hydrogen-bond acceptors (Lipinski definition) is 6. The molecule has 1 N–H and O–H groups in total. The number of carbonyl (C=O) groups excluding carboxylic acids is 1. The number of amides is 1. The van der Waals surface area contributed by atoms with Gasteiger partial charge in [-0.2, -0.15) is 0 Å². The molecular weight excluding hydrogens is 350 g/mol. The lowest BCUT2D eigenvalue weighted by atomic mass is 10.1. The average molecular weight is 373 g/mol. The molecule has 0 aliphatic carbocycles. The number of hydrogen-bond donors (Lipinski definition) is 1. The Balaban J connectivity index is 2.20. The van der Waals surface area contributed by atoms with E-state index in [-0.39, 0.29) is 5.91 Å². The van der Waals surface area contributed by atoms with E-state index in [1.807, 2.05) is 0 Å². The molecule has 0 fully saturated rings. The summed E-state index contributed by atoms with van der Waals surface area (Å²) < 4.78 is 26.4. The maximum atomic E-state index is 12.3. The Kier molecular flexibility index (Phi) is 6.93. The first-order valence-electron chi connectivity index (χ1n) is 8.08. The number of ether oxygens (including phenoxy) is 5. The van der Waals surface area contributed by atoms with Gasteiger partial charge >= 0.3 is 0 Å². The molecule has 0 aliphatic heterocycles. The molecule has 0 bridgehead atoms. The monoisotopic (exact) mass is 373 g/mol. The Hall–Kier alpha value is -3.35. The molecule has 7 heteroatoms. The molecule has 0 heterocycles. The fourth-order valence-corrected chi connectivity index (χ4v) is 2.52. The minimum Gasteiger partial charge on any atom is -0.493 e. The van der Waals surface area contributed by atoms with Gasteiger partial charge in [0, 0.05) is 23.4 Å². The highest BCUT2D eigenvalue weighted by molar-refractivity contribution is 6.02. The van der Waals surface area contributed by atoms with E-state index in [4.69, 9.17) is 23.7 Å². The molecule has 2 aromatic rings. The van der Waals surface area contributed by atoms with Crippen molar-refractivity contribution in [3.05, 3.63) is 42.0 Å². The van der Waals surface area contributed by atoms with Crippen LogP contribution in [0.4, 0.5) is 5.69 Å². The molecule has 0 saturated carbocycles. The zero-order valence-corrected chi connectivity index (χ0v) is 16.0. The van der Waals surface area contributed by atoms with Crippen LogP contribution in [0.5, 0.6) is 28.7 Å². The Labute approximate surface area is 158 Å². The summed E-state index contributed by atoms with van der Waals surface area (Å²) in [5, 5.41) is 2.77. The third-order valence-corrected chi connectivity index (χ3v) is 3.80. The van der Waals surface area contributed by atoms with Gasteiger partial charge in [0.05, 0.1) is 35.5 Å². The van der Waals surface area contributed by atoms with Gasteiger partial charge in [0.1, 0.15) is 0 Å². The fourth-order valence-electron chi connectivity index (χ4n) is 2.52. The molecule has 144 valence electrons. The van der Waals surface area contributed by atoms with E-state index in [1.54, 1.807) is 50.6 Å². The van der Waals surface area contributed by atoms with E-state index in [0.717, 1.165) is 0 Å². The van der Waals surface area contributed by atoms with Crippen LogP contribution < -0.4 is 29.0 Å². The zero-order chi connectivity index (χ0) is 19.8. The summed E-state index contributed by atoms with van der Waals surface area (Å²) in [6.07, 6.45) is 3.04. The molecule has 2 rings (SSSR count). The van der Waals surface area contributed by atoms with Crippen molar-refractivity contribution in [2.45, 2.75) is 0 Å². The van der Waals surface area contributed by atoms with Crippen LogP contribution in [0.15, 0.2) is 36.4 Å². The topological polar surface area (TPSA) is 75.3 Å². The van der Waals surface area contributed by atoms with Crippen molar-refractivity contribution < 1.29 is 28.5 Å². The quantitative estimate of drug-likeness (QED) is 0.715. The minimum absolute atomic E-state index is 0.306. The lowest BCUT2D eigenvalue weighted by Crippen LogP contribution is -2.08. The standard InChI is InChI=1S/C20H23NO6/c1-23-15-10-8-14(12-17(15)25-3)21-18(22)11-7-13-6-9-16(24-2)20(27-5)19(13)26-4/h6-12H,1-5H3,(H,21,22)/b11-7+. The van der Waals surface area contributed by atoms with E-state index < -0.39 is 0 Å². The first-order valence-corrected chi connectivity index (χ1v) is 8.08. The highest BCUT2D eigenvalue weighted by atomic mass is 16.5. The summed E-state index contributed by atoms with van der Waals surface area (Å²) in [7, 11) is 7.68. The third kappa shape index (κ3) is 4.63. The van der Waals surface area contributed by atoms with E-state index in [0.29, 0.717) is 40.0 Å². The molecule has 0 unspecified atom stereocenters. The summed E-state index contributed by atoms with van der Waals surface area (Å²) >= 11 is 0. The number of methoxy groups -OCH3 is 5. The molecule has 27 heavy (non-hydrogen) atoms. The Bertz CT molecular complexity index is 831. The molecule has 0 aliphatic rings. The van der Waals surface area contributed by atoms with Gasteiger partial charge in [-0.25, -0.2) is 0 Å². The molecule has 0 atom stereocenters. The second kappa shape index (κ2) is 9.38. The average Bonchev–Trinajstić information content (AvgIpc) is 2.70. The highest BCUT2D eigenvalue weighted by Crippen LogP contribution is 2.40. The largest absolute Gasteiger partial charge is 0.493 e. The van der Waals surface area contributed by atoms with E-state index in [2.05, 4.69) is 5.32 Å². The summed E-state index contributed by atoms with van der Waals surface area (Å²) in [5.41, 5.74) is 1.26. The first-order chi connectivity index (χ1) is 13.1. The predicted molar refractivity (Wildman–Crippen MR) is 103 cm³/mol. The predicted octanol–water partition coefficient (Wildman–Crippen LogP) is 3.38. The van der Waals surface area contributed by atoms with Gasteiger partial charge in [-0.15, -0.1) is 0 Å². The summed E-state index contributed by atoms with van der Waals surface area (Å²) in [6, 6.07) is 8.65. The normalized spacial score (nSPS) is 10.4. The molecule has 2 aromatic carbocycles. The SMILES string of the molecule is COc1ccc(NC(=O)/C=C/c2ccc(OC)c(OC)c2OC)cc1OC. The molecule has 0 radical (unpaired) electrons. The van der Waals surface area contributed by atoms with Crippen LogP contribution >= 0.6 is 0 Å². The Morgan fingerprint density at radius 3 is 2.00 bits per heavy atom. The zero-order valence-electron chi connectivity index (χ0n) is 16.0. The van der Waals surface area contributed by atoms with Crippen LogP contribution in [-0.4, -0.2) is 41.5 Å². The molecule has 0 saturated heterocycles. The summed E-state index contributed by atoms with van der Waals surface area (Å²) in [4.78, 5) is 12.3. The van der Waals surface area contributed by atoms with Crippen molar-refractivity contribution in [1.82, 2.24) is 0 Å². The number of nitrogens with one attached hydrogen (secondary N) is 1. The van der Waals surface area contributed by atoms with Crippen LogP contribution in [0, 0.1) is 0 Å². The van der Waals surface area contributed by atoms with Crippen LogP contribution in [0.2, 0.25) is 0 Å². The summed E-state index contributed by atoms with van der Waals surface area (Å²) in [6.45, 7) is 0.